The molecular weight excluding hydrogens is 178 g/mol. The van der Waals surface area contributed by atoms with Crippen LogP contribution in [-0.2, 0) is 13.0 Å². The zero-order chi connectivity index (χ0) is 10.1. The molecule has 1 N–H and O–H groups in total. The van der Waals surface area contributed by atoms with E-state index >= 15 is 0 Å². The molecule has 0 aromatic carbocycles. The Bertz CT molecular complexity index is 387. The van der Waals surface area contributed by atoms with Crippen LogP contribution in [0.3, 0.4) is 0 Å². The lowest BCUT2D eigenvalue weighted by Gasteiger charge is -2.06. The van der Waals surface area contributed by atoms with E-state index < -0.39 is 0 Å². The molecule has 4 heteroatoms. The summed E-state index contributed by atoms with van der Waals surface area (Å²) < 4.78 is 0. The maximum Gasteiger partial charge on any atom is 0.166 e. The molecule has 0 fully saturated rings. The van der Waals surface area contributed by atoms with Crippen molar-refractivity contribution in [1.82, 2.24) is 15.3 Å². The predicted octanol–water partition coefficient (Wildman–Crippen LogP) is 0.633. The first kappa shape index (κ1) is 9.27. The molecule has 74 valence electrons. The Morgan fingerprint density at radius 2 is 2.14 bits per heavy atom. The van der Waals surface area contributed by atoms with Crippen LogP contribution >= 0.6 is 0 Å². The van der Waals surface area contributed by atoms with Crippen molar-refractivity contribution < 1.29 is 4.79 Å². The van der Waals surface area contributed by atoms with Crippen molar-refractivity contribution in [3.8, 4) is 0 Å². The van der Waals surface area contributed by atoms with Crippen molar-refractivity contribution in [2.24, 2.45) is 0 Å². The van der Waals surface area contributed by atoms with Crippen molar-refractivity contribution in [2.75, 3.05) is 7.05 Å². The number of rotatable bonds is 2. The van der Waals surface area contributed by atoms with Gasteiger partial charge in [0.2, 0.25) is 0 Å². The molecule has 2 rings (SSSR count). The van der Waals surface area contributed by atoms with Gasteiger partial charge in [-0.05, 0) is 20.4 Å². The molecule has 0 spiro atoms. The summed E-state index contributed by atoms with van der Waals surface area (Å²) in [5, 5.41) is 3.02. The van der Waals surface area contributed by atoms with Gasteiger partial charge in [0.05, 0.1) is 17.0 Å². The average molecular weight is 191 g/mol. The van der Waals surface area contributed by atoms with E-state index in [-0.39, 0.29) is 5.78 Å². The van der Waals surface area contributed by atoms with Crippen LogP contribution in [0.25, 0.3) is 0 Å². The van der Waals surface area contributed by atoms with Gasteiger partial charge in [-0.1, -0.05) is 0 Å². The van der Waals surface area contributed by atoms with Crippen LogP contribution in [0, 0.1) is 6.92 Å². The number of carbonyl (C=O) groups excluding carboxylic acids is 1. The SMILES string of the molecule is CNCc1nc(C)nc2c1C(=O)CC2. The number of hydrogen-bond acceptors (Lipinski definition) is 4. The Morgan fingerprint density at radius 1 is 1.36 bits per heavy atom. The molecule has 0 bridgehead atoms. The molecule has 0 unspecified atom stereocenters. The fourth-order valence-corrected chi connectivity index (χ4v) is 1.85. The number of fused-ring (bicyclic) bond motifs is 1. The first-order chi connectivity index (χ1) is 6.72. The minimum atomic E-state index is 0.185. The third-order valence-corrected chi connectivity index (χ3v) is 2.38. The van der Waals surface area contributed by atoms with E-state index in [0.29, 0.717) is 13.0 Å². The van der Waals surface area contributed by atoms with Gasteiger partial charge in [0.25, 0.3) is 0 Å². The normalized spacial score (nSPS) is 14.6. The van der Waals surface area contributed by atoms with E-state index in [0.717, 1.165) is 29.2 Å². The van der Waals surface area contributed by atoms with E-state index in [2.05, 4.69) is 15.3 Å². The zero-order valence-corrected chi connectivity index (χ0v) is 8.42. The molecule has 0 aliphatic heterocycles. The largest absolute Gasteiger partial charge is 0.314 e. The van der Waals surface area contributed by atoms with E-state index in [9.17, 15) is 4.79 Å². The van der Waals surface area contributed by atoms with E-state index in [1.54, 1.807) is 0 Å². The Hall–Kier alpha value is -1.29. The quantitative estimate of drug-likeness (QED) is 0.745. The second-order valence-corrected chi connectivity index (χ2v) is 3.49. The third-order valence-electron chi connectivity index (χ3n) is 2.38. The molecule has 0 saturated heterocycles. The first-order valence-corrected chi connectivity index (χ1v) is 4.76. The van der Waals surface area contributed by atoms with Crippen molar-refractivity contribution in [2.45, 2.75) is 26.3 Å². The van der Waals surface area contributed by atoms with Crippen LogP contribution in [0.15, 0.2) is 0 Å². The lowest BCUT2D eigenvalue weighted by molar-refractivity contribution is 0.0993. The highest BCUT2D eigenvalue weighted by atomic mass is 16.1. The minimum Gasteiger partial charge on any atom is -0.314 e. The molecule has 1 aromatic rings. The summed E-state index contributed by atoms with van der Waals surface area (Å²) in [6.07, 6.45) is 1.36. The molecule has 0 atom stereocenters. The maximum absolute atomic E-state index is 11.6. The molecule has 1 aromatic heterocycles. The number of aryl methyl sites for hydroxylation is 2. The number of nitrogens with zero attached hydrogens (tertiary/aromatic N) is 2. The summed E-state index contributed by atoms with van der Waals surface area (Å²) in [4.78, 5) is 20.1. The highest BCUT2D eigenvalue weighted by Crippen LogP contribution is 2.22. The predicted molar refractivity (Wildman–Crippen MR) is 52.2 cm³/mol. The van der Waals surface area contributed by atoms with Crippen LogP contribution in [0.2, 0.25) is 0 Å². The van der Waals surface area contributed by atoms with Crippen LogP contribution < -0.4 is 5.32 Å². The van der Waals surface area contributed by atoms with Gasteiger partial charge >= 0.3 is 0 Å². The molecular formula is C10H13N3O. The summed E-state index contributed by atoms with van der Waals surface area (Å²) in [7, 11) is 1.85. The van der Waals surface area contributed by atoms with Gasteiger partial charge in [-0.25, -0.2) is 9.97 Å². The second-order valence-electron chi connectivity index (χ2n) is 3.49. The second kappa shape index (κ2) is 3.46. The summed E-state index contributed by atoms with van der Waals surface area (Å²) in [6, 6.07) is 0. The summed E-state index contributed by atoms with van der Waals surface area (Å²) in [5.41, 5.74) is 2.52. The van der Waals surface area contributed by atoms with E-state index in [1.165, 1.54) is 0 Å². The highest BCUT2D eigenvalue weighted by molar-refractivity contribution is 6.00. The van der Waals surface area contributed by atoms with Gasteiger partial charge in [-0.15, -0.1) is 0 Å². The number of hydrogen-bond donors (Lipinski definition) is 1. The molecule has 0 radical (unpaired) electrons. The molecule has 1 heterocycles. The number of Topliss-reactive ketones (excluding diaryl/α,β-unsaturated/α-hetero) is 1. The zero-order valence-electron chi connectivity index (χ0n) is 8.42. The fraction of sp³-hybridized carbons (Fsp3) is 0.500. The van der Waals surface area contributed by atoms with Crippen molar-refractivity contribution in [3.05, 3.63) is 22.8 Å². The van der Waals surface area contributed by atoms with Crippen LogP contribution in [-0.4, -0.2) is 22.8 Å². The van der Waals surface area contributed by atoms with Gasteiger partial charge in [0, 0.05) is 13.0 Å². The van der Waals surface area contributed by atoms with Crippen LogP contribution in [0.5, 0.6) is 0 Å². The molecule has 1 aliphatic rings. The first-order valence-electron chi connectivity index (χ1n) is 4.76. The lowest BCUT2D eigenvalue weighted by Crippen LogP contribution is -2.13. The lowest BCUT2D eigenvalue weighted by atomic mass is 10.1. The molecule has 1 aliphatic carbocycles. The minimum absolute atomic E-state index is 0.185. The van der Waals surface area contributed by atoms with Gasteiger partial charge in [0.1, 0.15) is 5.82 Å². The Balaban J connectivity index is 2.53. The number of carbonyl (C=O) groups is 1. The fourth-order valence-electron chi connectivity index (χ4n) is 1.85. The van der Waals surface area contributed by atoms with Gasteiger partial charge in [-0.2, -0.15) is 0 Å². The third kappa shape index (κ3) is 1.42. The van der Waals surface area contributed by atoms with E-state index in [4.69, 9.17) is 0 Å². The summed E-state index contributed by atoms with van der Waals surface area (Å²) in [6.45, 7) is 2.50. The van der Waals surface area contributed by atoms with E-state index in [1.807, 2.05) is 14.0 Å². The van der Waals surface area contributed by atoms with Crippen molar-refractivity contribution in [1.29, 1.82) is 0 Å². The molecule has 14 heavy (non-hydrogen) atoms. The standard InChI is InChI=1S/C10H13N3O/c1-6-12-7-3-4-9(14)10(7)8(13-6)5-11-2/h11H,3-5H2,1-2H3. The molecule has 0 saturated carbocycles. The summed E-state index contributed by atoms with van der Waals surface area (Å²) in [5.74, 6) is 0.939. The number of nitrogens with one attached hydrogen (secondary N) is 1. The Kier molecular flexibility index (Phi) is 2.29. The van der Waals surface area contributed by atoms with Gasteiger partial charge < -0.3 is 5.32 Å². The van der Waals surface area contributed by atoms with Gasteiger partial charge in [-0.3, -0.25) is 4.79 Å². The number of aromatic nitrogens is 2. The summed E-state index contributed by atoms with van der Waals surface area (Å²) >= 11 is 0. The van der Waals surface area contributed by atoms with Crippen molar-refractivity contribution >= 4 is 5.78 Å². The Morgan fingerprint density at radius 3 is 2.86 bits per heavy atom. The topological polar surface area (TPSA) is 54.9 Å². The van der Waals surface area contributed by atoms with Crippen LogP contribution in [0.4, 0.5) is 0 Å². The Labute approximate surface area is 82.8 Å². The van der Waals surface area contributed by atoms with Crippen LogP contribution in [0.1, 0.15) is 34.0 Å². The van der Waals surface area contributed by atoms with Gasteiger partial charge in [0.15, 0.2) is 5.78 Å². The maximum atomic E-state index is 11.6. The average Bonchev–Trinajstić information content (AvgIpc) is 2.48. The molecule has 0 amide bonds. The number of ketones is 1. The smallest absolute Gasteiger partial charge is 0.166 e. The van der Waals surface area contributed by atoms with Crippen molar-refractivity contribution in [3.63, 3.8) is 0 Å². The highest BCUT2D eigenvalue weighted by Gasteiger charge is 2.25. The monoisotopic (exact) mass is 191 g/mol. The molecule has 4 nitrogen and oxygen atoms in total.